The zero-order chi connectivity index (χ0) is 18.3. The molecule has 1 saturated heterocycles. The van der Waals surface area contributed by atoms with E-state index in [0.29, 0.717) is 6.42 Å². The van der Waals surface area contributed by atoms with Crippen LogP contribution < -0.4 is 4.90 Å². The predicted molar refractivity (Wildman–Crippen MR) is 104 cm³/mol. The second-order valence-electron chi connectivity index (χ2n) is 7.34. The van der Waals surface area contributed by atoms with E-state index in [-0.39, 0.29) is 30.5 Å². The van der Waals surface area contributed by atoms with Crippen molar-refractivity contribution in [3.63, 3.8) is 0 Å². The van der Waals surface area contributed by atoms with Crippen LogP contribution in [0.1, 0.15) is 31.4 Å². The highest BCUT2D eigenvalue weighted by Crippen LogP contribution is 2.49. The van der Waals surface area contributed by atoms with Crippen LogP contribution in [0.25, 0.3) is 11.1 Å². The van der Waals surface area contributed by atoms with Gasteiger partial charge < -0.3 is 14.9 Å². The first-order valence-electron chi connectivity index (χ1n) is 9.48. The lowest BCUT2D eigenvalue weighted by Crippen LogP contribution is -2.48. The van der Waals surface area contributed by atoms with Crippen LogP contribution in [0.15, 0.2) is 48.5 Å². The molecule has 0 radical (unpaired) electrons. The van der Waals surface area contributed by atoms with Gasteiger partial charge in [0.2, 0.25) is 5.91 Å². The molecule has 0 aliphatic carbocycles. The highest BCUT2D eigenvalue weighted by molar-refractivity contribution is 5.78. The number of carbonyl (C=O) groups excluding carboxylic acids is 1. The normalized spacial score (nSPS) is 24.3. The Hall–Kier alpha value is -2.33. The largest absolute Gasteiger partial charge is 0.394 e. The molecular formula is C22H26N2O2. The van der Waals surface area contributed by atoms with Gasteiger partial charge in [-0.2, -0.15) is 0 Å². The molecule has 0 aromatic heterocycles. The van der Waals surface area contributed by atoms with Gasteiger partial charge in [-0.05, 0) is 35.2 Å². The Balaban J connectivity index is 1.84. The molecule has 1 fully saturated rings. The fraction of sp³-hybridized carbons (Fsp3) is 0.409. The number of hydrogen-bond acceptors (Lipinski definition) is 3. The molecule has 0 unspecified atom stereocenters. The van der Waals surface area contributed by atoms with E-state index in [0.717, 1.165) is 18.7 Å². The Kier molecular flexibility index (Phi) is 4.45. The van der Waals surface area contributed by atoms with Crippen LogP contribution in [0.2, 0.25) is 0 Å². The van der Waals surface area contributed by atoms with Crippen molar-refractivity contribution in [3.05, 3.63) is 54.1 Å². The van der Waals surface area contributed by atoms with Crippen LogP contribution in [0.3, 0.4) is 0 Å². The Morgan fingerprint density at radius 1 is 1.15 bits per heavy atom. The van der Waals surface area contributed by atoms with Crippen LogP contribution in [-0.2, 0) is 4.79 Å². The van der Waals surface area contributed by atoms with Crippen molar-refractivity contribution in [1.29, 1.82) is 0 Å². The Morgan fingerprint density at radius 2 is 1.92 bits per heavy atom. The second kappa shape index (κ2) is 6.76. The average Bonchev–Trinajstić information content (AvgIpc) is 3.13. The molecule has 1 N–H and O–H groups in total. The summed E-state index contributed by atoms with van der Waals surface area (Å²) in [5.74, 6) is 0.480. The van der Waals surface area contributed by atoms with E-state index in [1.54, 1.807) is 0 Å². The molecule has 4 nitrogen and oxygen atoms in total. The molecular weight excluding hydrogens is 324 g/mol. The predicted octanol–water partition coefficient (Wildman–Crippen LogP) is 3.46. The van der Waals surface area contributed by atoms with Gasteiger partial charge in [-0.1, -0.05) is 43.3 Å². The number of fused-ring (bicyclic) bond motifs is 3. The van der Waals surface area contributed by atoms with E-state index < -0.39 is 0 Å². The number of aliphatic hydroxyl groups is 1. The second-order valence-corrected chi connectivity index (χ2v) is 7.34. The van der Waals surface area contributed by atoms with Gasteiger partial charge in [-0.3, -0.25) is 4.79 Å². The minimum Gasteiger partial charge on any atom is -0.394 e. The molecule has 3 atom stereocenters. The molecule has 2 aliphatic rings. The molecule has 2 aliphatic heterocycles. The number of aliphatic hydroxyl groups excluding tert-OH is 1. The van der Waals surface area contributed by atoms with E-state index in [1.807, 2.05) is 30.0 Å². The number of amides is 1. The molecule has 26 heavy (non-hydrogen) atoms. The Morgan fingerprint density at radius 3 is 2.62 bits per heavy atom. The maximum atomic E-state index is 12.6. The number of carbonyl (C=O) groups is 1. The van der Waals surface area contributed by atoms with E-state index in [4.69, 9.17) is 0 Å². The maximum Gasteiger partial charge on any atom is 0.222 e. The summed E-state index contributed by atoms with van der Waals surface area (Å²) in [6.45, 7) is 2.82. The highest BCUT2D eigenvalue weighted by Gasteiger charge is 2.47. The molecule has 4 rings (SSSR count). The first-order chi connectivity index (χ1) is 12.7. The number of nitrogens with zero attached hydrogens (tertiary/aromatic N) is 2. The van der Waals surface area contributed by atoms with Crippen LogP contribution in [-0.4, -0.2) is 42.2 Å². The summed E-state index contributed by atoms with van der Waals surface area (Å²) in [5.41, 5.74) is 4.70. The molecule has 2 aromatic carbocycles. The van der Waals surface area contributed by atoms with E-state index in [1.165, 1.54) is 16.7 Å². The third-order valence-electron chi connectivity index (χ3n) is 6.08. The summed E-state index contributed by atoms with van der Waals surface area (Å²) in [7, 11) is 2.06. The number of likely N-dealkylation sites (N-methyl/N-ethyl adjacent to an activating group) is 1. The minimum atomic E-state index is 0.0599. The van der Waals surface area contributed by atoms with Gasteiger partial charge in [0.25, 0.3) is 0 Å². The smallest absolute Gasteiger partial charge is 0.222 e. The van der Waals surface area contributed by atoms with Crippen molar-refractivity contribution >= 4 is 11.6 Å². The third-order valence-corrected chi connectivity index (χ3v) is 6.08. The van der Waals surface area contributed by atoms with Gasteiger partial charge >= 0.3 is 0 Å². The van der Waals surface area contributed by atoms with Gasteiger partial charge in [-0.25, -0.2) is 0 Å². The van der Waals surface area contributed by atoms with E-state index in [2.05, 4.69) is 42.3 Å². The first kappa shape index (κ1) is 17.1. The van der Waals surface area contributed by atoms with Crippen molar-refractivity contribution < 1.29 is 9.90 Å². The number of benzene rings is 2. The maximum absolute atomic E-state index is 12.6. The fourth-order valence-corrected chi connectivity index (χ4v) is 4.75. The molecule has 1 amide bonds. The van der Waals surface area contributed by atoms with Crippen molar-refractivity contribution in [2.75, 3.05) is 25.1 Å². The lowest BCUT2D eigenvalue weighted by atomic mass is 9.81. The number of rotatable bonds is 3. The first-order valence-corrected chi connectivity index (χ1v) is 9.48. The summed E-state index contributed by atoms with van der Waals surface area (Å²) in [5, 5.41) is 10.0. The average molecular weight is 350 g/mol. The highest BCUT2D eigenvalue weighted by atomic mass is 16.3. The van der Waals surface area contributed by atoms with Crippen LogP contribution >= 0.6 is 0 Å². The number of hydrogen-bond donors (Lipinski definition) is 1. The van der Waals surface area contributed by atoms with E-state index in [9.17, 15) is 9.90 Å². The lowest BCUT2D eigenvalue weighted by Gasteiger charge is -2.44. The topological polar surface area (TPSA) is 43.8 Å². The molecule has 0 saturated carbocycles. The van der Waals surface area contributed by atoms with Gasteiger partial charge in [0.1, 0.15) is 0 Å². The monoisotopic (exact) mass is 350 g/mol. The van der Waals surface area contributed by atoms with Crippen LogP contribution in [0, 0.1) is 5.92 Å². The van der Waals surface area contributed by atoms with Gasteiger partial charge in [0.15, 0.2) is 0 Å². The summed E-state index contributed by atoms with van der Waals surface area (Å²) in [4.78, 5) is 16.8. The van der Waals surface area contributed by atoms with E-state index >= 15 is 0 Å². The van der Waals surface area contributed by atoms with Gasteiger partial charge in [-0.15, -0.1) is 0 Å². The number of likely N-dealkylation sites (tertiary alicyclic amines) is 1. The molecule has 2 aromatic rings. The molecule has 2 heterocycles. The quantitative estimate of drug-likeness (QED) is 0.922. The summed E-state index contributed by atoms with van der Waals surface area (Å²) >= 11 is 0. The van der Waals surface area contributed by atoms with Crippen molar-refractivity contribution in [2.24, 2.45) is 5.92 Å². The molecule has 4 heteroatoms. The molecule has 136 valence electrons. The Bertz CT molecular complexity index is 805. The van der Waals surface area contributed by atoms with Gasteiger partial charge in [0, 0.05) is 31.6 Å². The van der Waals surface area contributed by atoms with Crippen LogP contribution in [0.5, 0.6) is 0 Å². The zero-order valence-corrected chi connectivity index (χ0v) is 15.4. The summed E-state index contributed by atoms with van der Waals surface area (Å²) in [6, 6.07) is 17.0. The van der Waals surface area contributed by atoms with Crippen molar-refractivity contribution in [1.82, 2.24) is 4.90 Å². The Labute approximate surface area is 155 Å². The summed E-state index contributed by atoms with van der Waals surface area (Å²) < 4.78 is 0. The number of anilines is 1. The zero-order valence-electron chi connectivity index (χ0n) is 15.4. The van der Waals surface area contributed by atoms with Crippen LogP contribution in [0.4, 0.5) is 5.69 Å². The summed E-state index contributed by atoms with van der Waals surface area (Å²) in [6.07, 6.45) is 1.47. The SMILES string of the molecule is CCC(=O)N1CC[C@H]2[C@@H]1c1cc(-c3ccccc3)ccc1N(C)[C@H]2CO. The molecule has 0 bridgehead atoms. The third kappa shape index (κ3) is 2.60. The standard InChI is InChI=1S/C22H26N2O2/c1-3-21(26)24-12-11-17-20(14-25)23(2)19-10-9-16(13-18(19)22(17)24)15-7-5-4-6-8-15/h4-10,13,17,20,22,25H,3,11-12,14H2,1-2H3/t17-,20+,22-/m1/s1. The molecule has 0 spiro atoms. The minimum absolute atomic E-state index is 0.0599. The lowest BCUT2D eigenvalue weighted by molar-refractivity contribution is -0.132. The van der Waals surface area contributed by atoms with Crippen molar-refractivity contribution in [3.8, 4) is 11.1 Å². The van der Waals surface area contributed by atoms with Crippen molar-refractivity contribution in [2.45, 2.75) is 31.8 Å². The van der Waals surface area contributed by atoms with Gasteiger partial charge in [0.05, 0.1) is 18.7 Å². The fourth-order valence-electron chi connectivity index (χ4n) is 4.75.